The van der Waals surface area contributed by atoms with Crippen LogP contribution in [0.5, 0.6) is 0 Å². The predicted octanol–water partition coefficient (Wildman–Crippen LogP) is 2.47. The summed E-state index contributed by atoms with van der Waals surface area (Å²) in [5, 5.41) is 11.3. The van der Waals surface area contributed by atoms with Gasteiger partial charge in [0.15, 0.2) is 0 Å². The number of halogens is 3. The van der Waals surface area contributed by atoms with Crippen molar-refractivity contribution in [2.24, 2.45) is 0 Å². The summed E-state index contributed by atoms with van der Waals surface area (Å²) >= 11 is 0. The van der Waals surface area contributed by atoms with E-state index in [1.165, 1.54) is 31.6 Å². The van der Waals surface area contributed by atoms with Crippen LogP contribution in [-0.2, 0) is 6.18 Å². The average Bonchev–Trinajstić information content (AvgIpc) is 2.46. The molecule has 0 saturated heterocycles. The summed E-state index contributed by atoms with van der Waals surface area (Å²) in [5.41, 5.74) is 0.593. The molecule has 0 fully saturated rings. The third-order valence-corrected chi connectivity index (χ3v) is 2.40. The van der Waals surface area contributed by atoms with Crippen LogP contribution in [0.25, 0.3) is 11.3 Å². The van der Waals surface area contributed by atoms with E-state index in [0.29, 0.717) is 5.56 Å². The maximum Gasteiger partial charge on any atom is 0.451 e. The molecule has 0 atom stereocenters. The first-order chi connectivity index (χ1) is 9.44. The average molecular weight is 279 g/mol. The van der Waals surface area contributed by atoms with Crippen LogP contribution in [0.15, 0.2) is 24.5 Å². The Morgan fingerprint density at radius 2 is 1.95 bits per heavy atom. The van der Waals surface area contributed by atoms with E-state index in [0.717, 1.165) is 0 Å². The molecule has 102 valence electrons. The molecule has 2 aromatic rings. The van der Waals surface area contributed by atoms with Crippen LogP contribution in [-0.4, -0.2) is 22.0 Å². The zero-order chi connectivity index (χ0) is 14.8. The van der Waals surface area contributed by atoms with Crippen molar-refractivity contribution in [2.45, 2.75) is 6.18 Å². The first kappa shape index (κ1) is 13.7. The molecule has 2 aromatic heterocycles. The van der Waals surface area contributed by atoms with Gasteiger partial charge >= 0.3 is 6.18 Å². The fraction of sp³-hybridized carbons (Fsp3) is 0.167. The van der Waals surface area contributed by atoms with Crippen LogP contribution < -0.4 is 5.32 Å². The van der Waals surface area contributed by atoms with Crippen molar-refractivity contribution in [1.82, 2.24) is 15.0 Å². The van der Waals surface area contributed by atoms with Gasteiger partial charge in [-0.15, -0.1) is 0 Å². The number of nitriles is 1. The monoisotopic (exact) mass is 279 g/mol. The number of alkyl halides is 3. The number of nitrogens with one attached hydrogen (secondary N) is 1. The maximum atomic E-state index is 12.7. The summed E-state index contributed by atoms with van der Waals surface area (Å²) in [6, 6.07) is 4.63. The maximum absolute atomic E-state index is 12.7. The number of hydrogen-bond donors (Lipinski definition) is 1. The minimum absolute atomic E-state index is 0.0321. The third-order valence-electron chi connectivity index (χ3n) is 2.40. The van der Waals surface area contributed by atoms with E-state index in [4.69, 9.17) is 5.26 Å². The Morgan fingerprint density at radius 1 is 1.20 bits per heavy atom. The van der Waals surface area contributed by atoms with Crippen molar-refractivity contribution in [3.8, 4) is 17.3 Å². The van der Waals surface area contributed by atoms with Crippen molar-refractivity contribution in [3.05, 3.63) is 35.9 Å². The van der Waals surface area contributed by atoms with Gasteiger partial charge in [-0.2, -0.15) is 18.4 Å². The first-order valence-corrected chi connectivity index (χ1v) is 5.43. The molecule has 0 unspecified atom stereocenters. The lowest BCUT2D eigenvalue weighted by Gasteiger charge is -2.10. The van der Waals surface area contributed by atoms with Crippen LogP contribution in [0.3, 0.4) is 0 Å². The van der Waals surface area contributed by atoms with E-state index >= 15 is 0 Å². The molecule has 0 aliphatic rings. The van der Waals surface area contributed by atoms with Crippen molar-refractivity contribution in [3.63, 3.8) is 0 Å². The minimum Gasteiger partial charge on any atom is -0.373 e. The number of hydrogen-bond acceptors (Lipinski definition) is 5. The SMILES string of the molecule is CNc1cc(-c2cncc(C#N)c2)nc(C(F)(F)F)n1. The summed E-state index contributed by atoms with van der Waals surface area (Å²) in [4.78, 5) is 10.6. The Hall–Kier alpha value is -2.69. The van der Waals surface area contributed by atoms with E-state index in [-0.39, 0.29) is 17.1 Å². The van der Waals surface area contributed by atoms with Gasteiger partial charge in [0, 0.05) is 31.1 Å². The number of anilines is 1. The second-order valence-electron chi connectivity index (χ2n) is 3.78. The molecule has 0 bridgehead atoms. The third kappa shape index (κ3) is 2.83. The number of aromatic nitrogens is 3. The van der Waals surface area contributed by atoms with Crippen LogP contribution >= 0.6 is 0 Å². The summed E-state index contributed by atoms with van der Waals surface area (Å²) < 4.78 is 38.2. The molecule has 0 saturated carbocycles. The van der Waals surface area contributed by atoms with Gasteiger partial charge in [-0.25, -0.2) is 9.97 Å². The Balaban J connectivity index is 2.59. The summed E-state index contributed by atoms with van der Waals surface area (Å²) in [6.07, 6.45) is -2.00. The Bertz CT molecular complexity index is 676. The van der Waals surface area contributed by atoms with Gasteiger partial charge in [0.25, 0.3) is 0 Å². The quantitative estimate of drug-likeness (QED) is 0.914. The standard InChI is InChI=1S/C12H8F3N5/c1-17-10-3-9(19-11(20-10)12(13,14)15)8-2-7(4-16)5-18-6-8/h2-3,5-6H,1H3,(H,17,19,20). The molecular weight excluding hydrogens is 271 g/mol. The van der Waals surface area contributed by atoms with Crippen LogP contribution in [0.2, 0.25) is 0 Å². The highest BCUT2D eigenvalue weighted by molar-refractivity contribution is 5.63. The molecule has 0 radical (unpaired) electrons. The van der Waals surface area contributed by atoms with Gasteiger partial charge in [-0.3, -0.25) is 4.98 Å². The van der Waals surface area contributed by atoms with E-state index < -0.39 is 12.0 Å². The second kappa shape index (κ2) is 5.13. The molecule has 0 aromatic carbocycles. The minimum atomic E-state index is -4.65. The van der Waals surface area contributed by atoms with Crippen LogP contribution in [0.4, 0.5) is 19.0 Å². The molecule has 0 amide bonds. The lowest BCUT2D eigenvalue weighted by molar-refractivity contribution is -0.144. The zero-order valence-corrected chi connectivity index (χ0v) is 10.2. The van der Waals surface area contributed by atoms with Crippen molar-refractivity contribution >= 4 is 5.82 Å². The largest absolute Gasteiger partial charge is 0.451 e. The first-order valence-electron chi connectivity index (χ1n) is 5.43. The van der Waals surface area contributed by atoms with Crippen LogP contribution in [0.1, 0.15) is 11.4 Å². The zero-order valence-electron chi connectivity index (χ0n) is 10.2. The second-order valence-corrected chi connectivity index (χ2v) is 3.78. The fourth-order valence-corrected chi connectivity index (χ4v) is 1.49. The van der Waals surface area contributed by atoms with Crippen molar-refractivity contribution in [2.75, 3.05) is 12.4 Å². The van der Waals surface area contributed by atoms with E-state index in [9.17, 15) is 13.2 Å². The van der Waals surface area contributed by atoms with Gasteiger partial charge in [-0.05, 0) is 6.07 Å². The van der Waals surface area contributed by atoms with Crippen molar-refractivity contribution in [1.29, 1.82) is 5.26 Å². The lowest BCUT2D eigenvalue weighted by Crippen LogP contribution is -2.13. The normalized spacial score (nSPS) is 10.9. The van der Waals surface area contributed by atoms with Gasteiger partial charge in [0.05, 0.1) is 11.3 Å². The highest BCUT2D eigenvalue weighted by atomic mass is 19.4. The predicted molar refractivity (Wildman–Crippen MR) is 64.5 cm³/mol. The summed E-state index contributed by atoms with van der Waals surface area (Å²) in [5.74, 6) is -1.22. The molecule has 0 aliphatic heterocycles. The van der Waals surface area contributed by atoms with Gasteiger partial charge < -0.3 is 5.32 Å². The van der Waals surface area contributed by atoms with Crippen LogP contribution in [0, 0.1) is 11.3 Å². The molecule has 2 rings (SSSR count). The number of rotatable bonds is 2. The summed E-state index contributed by atoms with van der Waals surface area (Å²) in [6.45, 7) is 0. The molecule has 1 N–H and O–H groups in total. The highest BCUT2D eigenvalue weighted by Crippen LogP contribution is 2.29. The smallest absolute Gasteiger partial charge is 0.373 e. The van der Waals surface area contributed by atoms with Gasteiger partial charge in [0.1, 0.15) is 11.9 Å². The topological polar surface area (TPSA) is 74.5 Å². The van der Waals surface area contributed by atoms with E-state index in [1.54, 1.807) is 0 Å². The number of nitrogens with zero attached hydrogens (tertiary/aromatic N) is 4. The molecule has 8 heteroatoms. The van der Waals surface area contributed by atoms with Crippen molar-refractivity contribution < 1.29 is 13.2 Å². The van der Waals surface area contributed by atoms with E-state index in [1.807, 2.05) is 6.07 Å². The lowest BCUT2D eigenvalue weighted by atomic mass is 10.1. The molecular formula is C12H8F3N5. The Labute approximate surface area is 112 Å². The number of pyridine rings is 1. The Kier molecular flexibility index (Phi) is 3.52. The van der Waals surface area contributed by atoms with E-state index in [2.05, 4.69) is 20.3 Å². The Morgan fingerprint density at radius 3 is 2.55 bits per heavy atom. The summed E-state index contributed by atoms with van der Waals surface area (Å²) in [7, 11) is 1.45. The van der Waals surface area contributed by atoms with Gasteiger partial charge in [-0.1, -0.05) is 0 Å². The highest BCUT2D eigenvalue weighted by Gasteiger charge is 2.35. The molecule has 0 aliphatic carbocycles. The molecule has 2 heterocycles. The van der Waals surface area contributed by atoms with Gasteiger partial charge in [0.2, 0.25) is 5.82 Å². The fourth-order valence-electron chi connectivity index (χ4n) is 1.49. The molecule has 0 spiro atoms. The molecule has 5 nitrogen and oxygen atoms in total. The molecule has 20 heavy (non-hydrogen) atoms.